The van der Waals surface area contributed by atoms with E-state index in [0.29, 0.717) is 0 Å². The average Bonchev–Trinajstić information content (AvgIpc) is 2.43. The summed E-state index contributed by atoms with van der Waals surface area (Å²) in [7, 11) is 0. The standard InChI is InChI=1S/C14H11F3N2O2/c15-9-7-8(5-6-10(9)18)13(20)19-11-3-1-2-4-12(11)21-14(16)17/h1-7,14H,18H2,(H,19,20). The first-order valence-electron chi connectivity index (χ1n) is 5.87. The van der Waals surface area contributed by atoms with Gasteiger partial charge in [0, 0.05) is 5.56 Å². The molecule has 0 heterocycles. The third-order valence-corrected chi connectivity index (χ3v) is 2.61. The van der Waals surface area contributed by atoms with Gasteiger partial charge in [-0.3, -0.25) is 4.79 Å². The van der Waals surface area contributed by atoms with Crippen LogP contribution in [0, 0.1) is 5.82 Å². The van der Waals surface area contributed by atoms with Crippen LogP contribution >= 0.6 is 0 Å². The number of amides is 1. The van der Waals surface area contributed by atoms with Crippen LogP contribution in [0.4, 0.5) is 24.5 Å². The highest BCUT2D eigenvalue weighted by molar-refractivity contribution is 6.05. The fourth-order valence-corrected chi connectivity index (χ4v) is 1.63. The Balaban J connectivity index is 2.21. The van der Waals surface area contributed by atoms with E-state index >= 15 is 0 Å². The lowest BCUT2D eigenvalue weighted by Crippen LogP contribution is -2.14. The number of carbonyl (C=O) groups excluding carboxylic acids is 1. The molecule has 3 N–H and O–H groups in total. The minimum atomic E-state index is -3.02. The number of carbonyl (C=O) groups is 1. The highest BCUT2D eigenvalue weighted by atomic mass is 19.3. The van der Waals surface area contributed by atoms with Crippen molar-refractivity contribution in [2.75, 3.05) is 11.1 Å². The maximum atomic E-state index is 13.3. The number of nitrogens with two attached hydrogens (primary N) is 1. The summed E-state index contributed by atoms with van der Waals surface area (Å²) in [5.74, 6) is -1.59. The van der Waals surface area contributed by atoms with Gasteiger partial charge in [-0.2, -0.15) is 8.78 Å². The number of rotatable bonds is 4. The second-order valence-electron chi connectivity index (χ2n) is 4.07. The maximum absolute atomic E-state index is 13.3. The number of nitrogen functional groups attached to an aromatic ring is 1. The molecule has 2 aromatic rings. The summed E-state index contributed by atoms with van der Waals surface area (Å²) in [4.78, 5) is 12.0. The number of ether oxygens (including phenoxy) is 1. The molecule has 0 radical (unpaired) electrons. The Bertz CT molecular complexity index is 662. The first-order valence-corrected chi connectivity index (χ1v) is 5.87. The Kier molecular flexibility index (Phi) is 4.32. The van der Waals surface area contributed by atoms with Crippen molar-refractivity contribution in [3.63, 3.8) is 0 Å². The lowest BCUT2D eigenvalue weighted by Gasteiger charge is -2.11. The zero-order chi connectivity index (χ0) is 15.4. The zero-order valence-corrected chi connectivity index (χ0v) is 10.6. The molecule has 0 aliphatic rings. The van der Waals surface area contributed by atoms with Gasteiger partial charge < -0.3 is 15.8 Å². The zero-order valence-electron chi connectivity index (χ0n) is 10.6. The summed E-state index contributed by atoms with van der Waals surface area (Å²) < 4.78 is 42.1. The summed E-state index contributed by atoms with van der Waals surface area (Å²) in [6, 6.07) is 9.22. The van der Waals surface area contributed by atoms with Crippen molar-refractivity contribution in [1.82, 2.24) is 0 Å². The van der Waals surface area contributed by atoms with Gasteiger partial charge >= 0.3 is 6.61 Å². The Labute approximate surface area is 118 Å². The second kappa shape index (κ2) is 6.17. The molecular formula is C14H11F3N2O2. The predicted octanol–water partition coefficient (Wildman–Crippen LogP) is 3.26. The van der Waals surface area contributed by atoms with E-state index in [0.717, 1.165) is 6.07 Å². The van der Waals surface area contributed by atoms with Gasteiger partial charge in [0.1, 0.15) is 11.6 Å². The number of para-hydroxylation sites is 2. The summed E-state index contributed by atoms with van der Waals surface area (Å²) in [5.41, 5.74) is 5.28. The topological polar surface area (TPSA) is 64.4 Å². The number of hydrogen-bond donors (Lipinski definition) is 2. The first-order chi connectivity index (χ1) is 9.97. The Morgan fingerprint density at radius 2 is 1.90 bits per heavy atom. The van der Waals surface area contributed by atoms with Gasteiger partial charge in [0.15, 0.2) is 0 Å². The normalized spacial score (nSPS) is 10.5. The minimum Gasteiger partial charge on any atom is -0.433 e. The Morgan fingerprint density at radius 1 is 1.19 bits per heavy atom. The van der Waals surface area contributed by atoms with E-state index in [1.54, 1.807) is 0 Å². The summed E-state index contributed by atoms with van der Waals surface area (Å²) in [6.07, 6.45) is 0. The van der Waals surface area contributed by atoms with Crippen LogP contribution < -0.4 is 15.8 Å². The number of hydrogen-bond acceptors (Lipinski definition) is 3. The fraction of sp³-hybridized carbons (Fsp3) is 0.0714. The molecule has 1 amide bonds. The van der Waals surface area contributed by atoms with E-state index in [4.69, 9.17) is 5.73 Å². The van der Waals surface area contributed by atoms with Crippen molar-refractivity contribution < 1.29 is 22.7 Å². The number of anilines is 2. The van der Waals surface area contributed by atoms with Crippen LogP contribution in [-0.4, -0.2) is 12.5 Å². The van der Waals surface area contributed by atoms with Crippen LogP contribution in [0.2, 0.25) is 0 Å². The highest BCUT2D eigenvalue weighted by Gasteiger charge is 2.13. The molecule has 2 rings (SSSR count). The van der Waals surface area contributed by atoms with Crippen molar-refractivity contribution in [1.29, 1.82) is 0 Å². The maximum Gasteiger partial charge on any atom is 0.387 e. The summed E-state index contributed by atoms with van der Waals surface area (Å²) in [5, 5.41) is 2.37. The predicted molar refractivity (Wildman–Crippen MR) is 71.8 cm³/mol. The molecule has 0 bridgehead atoms. The van der Waals surface area contributed by atoms with Gasteiger partial charge in [0.25, 0.3) is 5.91 Å². The molecule has 0 saturated carbocycles. The van der Waals surface area contributed by atoms with Gasteiger partial charge in [-0.1, -0.05) is 12.1 Å². The molecule has 0 fully saturated rings. The average molecular weight is 296 g/mol. The molecular weight excluding hydrogens is 285 g/mol. The molecule has 2 aromatic carbocycles. The number of alkyl halides is 2. The van der Waals surface area contributed by atoms with E-state index in [-0.39, 0.29) is 22.7 Å². The van der Waals surface area contributed by atoms with Gasteiger partial charge in [0.2, 0.25) is 0 Å². The molecule has 110 valence electrons. The van der Waals surface area contributed by atoms with Crippen molar-refractivity contribution in [2.24, 2.45) is 0 Å². The van der Waals surface area contributed by atoms with Gasteiger partial charge in [-0.15, -0.1) is 0 Å². The summed E-state index contributed by atoms with van der Waals surface area (Å²) in [6.45, 7) is -3.02. The first kappa shape index (κ1) is 14.7. The smallest absolute Gasteiger partial charge is 0.387 e. The molecule has 21 heavy (non-hydrogen) atoms. The quantitative estimate of drug-likeness (QED) is 0.851. The highest BCUT2D eigenvalue weighted by Crippen LogP contribution is 2.26. The molecule has 0 saturated heterocycles. The summed E-state index contributed by atoms with van der Waals surface area (Å²) >= 11 is 0. The monoisotopic (exact) mass is 296 g/mol. The van der Waals surface area contributed by atoms with Crippen LogP contribution in [0.1, 0.15) is 10.4 Å². The Hall–Kier alpha value is -2.70. The van der Waals surface area contributed by atoms with Gasteiger partial charge in [0.05, 0.1) is 11.4 Å². The fourth-order valence-electron chi connectivity index (χ4n) is 1.63. The number of benzene rings is 2. The third kappa shape index (κ3) is 3.65. The third-order valence-electron chi connectivity index (χ3n) is 2.61. The van der Waals surface area contributed by atoms with E-state index in [1.807, 2.05) is 0 Å². The van der Waals surface area contributed by atoms with Crippen molar-refractivity contribution >= 4 is 17.3 Å². The van der Waals surface area contributed by atoms with Crippen molar-refractivity contribution in [2.45, 2.75) is 6.61 Å². The largest absolute Gasteiger partial charge is 0.433 e. The minimum absolute atomic E-state index is 0.00792. The molecule has 0 aliphatic carbocycles. The Morgan fingerprint density at radius 3 is 2.57 bits per heavy atom. The second-order valence-corrected chi connectivity index (χ2v) is 4.07. The SMILES string of the molecule is Nc1ccc(C(=O)Nc2ccccc2OC(F)F)cc1F. The van der Waals surface area contributed by atoms with Crippen LogP contribution in [0.15, 0.2) is 42.5 Å². The molecule has 4 nitrogen and oxygen atoms in total. The van der Waals surface area contributed by atoms with Gasteiger partial charge in [-0.05, 0) is 30.3 Å². The lowest BCUT2D eigenvalue weighted by atomic mass is 10.2. The number of halogens is 3. The van der Waals surface area contributed by atoms with Crippen LogP contribution in [-0.2, 0) is 0 Å². The number of nitrogens with one attached hydrogen (secondary N) is 1. The van der Waals surface area contributed by atoms with E-state index in [2.05, 4.69) is 10.1 Å². The molecule has 0 aliphatic heterocycles. The van der Waals surface area contributed by atoms with Crippen LogP contribution in [0.25, 0.3) is 0 Å². The van der Waals surface area contributed by atoms with Crippen molar-refractivity contribution in [3.8, 4) is 5.75 Å². The molecule has 0 atom stereocenters. The molecule has 0 aromatic heterocycles. The lowest BCUT2D eigenvalue weighted by molar-refractivity contribution is -0.0493. The van der Waals surface area contributed by atoms with Gasteiger partial charge in [-0.25, -0.2) is 4.39 Å². The van der Waals surface area contributed by atoms with Crippen LogP contribution in [0.3, 0.4) is 0 Å². The van der Waals surface area contributed by atoms with E-state index in [1.165, 1.54) is 36.4 Å². The van der Waals surface area contributed by atoms with Crippen LogP contribution in [0.5, 0.6) is 5.75 Å². The molecule has 0 unspecified atom stereocenters. The van der Waals surface area contributed by atoms with Crippen molar-refractivity contribution in [3.05, 3.63) is 53.8 Å². The molecule has 0 spiro atoms. The molecule has 7 heteroatoms. The van der Waals surface area contributed by atoms with E-state index in [9.17, 15) is 18.0 Å². The van der Waals surface area contributed by atoms with E-state index < -0.39 is 18.3 Å².